The van der Waals surface area contributed by atoms with Crippen LogP contribution in [-0.4, -0.2) is 49.2 Å². The molecule has 0 saturated heterocycles. The average molecular weight is 257 g/mol. The fourth-order valence-electron chi connectivity index (χ4n) is 2.68. The first-order chi connectivity index (χ1) is 8.67. The van der Waals surface area contributed by atoms with Crippen LogP contribution >= 0.6 is 0 Å². The summed E-state index contributed by atoms with van der Waals surface area (Å²) in [6.45, 7) is 4.38. The first kappa shape index (κ1) is 15.4. The number of ether oxygens (including phenoxy) is 1. The predicted octanol–water partition coefficient (Wildman–Crippen LogP) is 0.470. The highest BCUT2D eigenvalue weighted by molar-refractivity contribution is 5.75. The van der Waals surface area contributed by atoms with Gasteiger partial charge in [-0.2, -0.15) is 0 Å². The van der Waals surface area contributed by atoms with E-state index in [2.05, 4.69) is 4.90 Å². The van der Waals surface area contributed by atoms with E-state index in [0.29, 0.717) is 25.7 Å². The van der Waals surface area contributed by atoms with Crippen molar-refractivity contribution in [2.45, 2.75) is 51.2 Å². The summed E-state index contributed by atoms with van der Waals surface area (Å²) in [7, 11) is 0. The largest absolute Gasteiger partial charge is 0.377 e. The third-order valence-electron chi connectivity index (χ3n) is 3.60. The predicted molar refractivity (Wildman–Crippen MR) is 72.1 cm³/mol. The summed E-state index contributed by atoms with van der Waals surface area (Å²) in [6, 6.07) is 0.512. The second kappa shape index (κ2) is 8.45. The van der Waals surface area contributed by atoms with Crippen LogP contribution < -0.4 is 11.5 Å². The van der Waals surface area contributed by atoms with Crippen LogP contribution in [0.15, 0.2) is 0 Å². The van der Waals surface area contributed by atoms with Gasteiger partial charge in [-0.05, 0) is 26.2 Å². The Labute approximate surface area is 110 Å². The molecule has 0 heterocycles. The maximum absolute atomic E-state index is 11.1. The number of hydrogen-bond donors (Lipinski definition) is 2. The fourth-order valence-corrected chi connectivity index (χ4v) is 2.68. The van der Waals surface area contributed by atoms with E-state index in [-0.39, 0.29) is 12.0 Å². The van der Waals surface area contributed by atoms with E-state index in [4.69, 9.17) is 16.2 Å². The van der Waals surface area contributed by atoms with Crippen molar-refractivity contribution >= 4 is 5.91 Å². The number of nitrogens with two attached hydrogens (primary N) is 2. The highest BCUT2D eigenvalue weighted by Crippen LogP contribution is 2.23. The van der Waals surface area contributed by atoms with Gasteiger partial charge in [-0.3, -0.25) is 9.69 Å². The zero-order chi connectivity index (χ0) is 13.4. The highest BCUT2D eigenvalue weighted by atomic mass is 16.5. The summed E-state index contributed by atoms with van der Waals surface area (Å²) in [4.78, 5) is 13.3. The quantitative estimate of drug-likeness (QED) is 0.629. The van der Waals surface area contributed by atoms with Crippen molar-refractivity contribution in [3.8, 4) is 0 Å². The lowest BCUT2D eigenvalue weighted by atomic mass is 10.1. The monoisotopic (exact) mass is 257 g/mol. The molecule has 0 radical (unpaired) electrons. The van der Waals surface area contributed by atoms with Gasteiger partial charge in [-0.1, -0.05) is 12.8 Å². The van der Waals surface area contributed by atoms with Crippen LogP contribution in [-0.2, 0) is 9.53 Å². The summed E-state index contributed by atoms with van der Waals surface area (Å²) in [5.74, 6) is -0.248. The van der Waals surface area contributed by atoms with Crippen molar-refractivity contribution in [1.29, 1.82) is 0 Å². The van der Waals surface area contributed by atoms with Gasteiger partial charge in [0.15, 0.2) is 0 Å². The molecule has 0 bridgehead atoms. The van der Waals surface area contributed by atoms with Crippen molar-refractivity contribution in [1.82, 2.24) is 4.90 Å². The van der Waals surface area contributed by atoms with Crippen LogP contribution in [0.2, 0.25) is 0 Å². The Balaban J connectivity index is 2.41. The summed E-state index contributed by atoms with van der Waals surface area (Å²) < 4.78 is 5.54. The first-order valence-electron chi connectivity index (χ1n) is 7.01. The minimum absolute atomic E-state index is 0.0896. The molecule has 1 rings (SSSR count). The van der Waals surface area contributed by atoms with Gasteiger partial charge in [-0.25, -0.2) is 0 Å². The summed E-state index contributed by atoms with van der Waals surface area (Å²) in [5, 5.41) is 0. The van der Waals surface area contributed by atoms with Gasteiger partial charge >= 0.3 is 0 Å². The van der Waals surface area contributed by atoms with Gasteiger partial charge in [0.25, 0.3) is 0 Å². The lowest BCUT2D eigenvalue weighted by molar-refractivity contribution is -0.119. The van der Waals surface area contributed by atoms with Gasteiger partial charge in [0.1, 0.15) is 0 Å². The number of rotatable bonds is 9. The van der Waals surface area contributed by atoms with Gasteiger partial charge in [0.2, 0.25) is 5.91 Å². The van der Waals surface area contributed by atoms with E-state index >= 15 is 0 Å². The molecular weight excluding hydrogens is 230 g/mol. The molecule has 0 aromatic heterocycles. The molecule has 4 N–H and O–H groups in total. The Morgan fingerprint density at radius 3 is 2.61 bits per heavy atom. The molecule has 5 nitrogen and oxygen atoms in total. The molecule has 1 amide bonds. The smallest absolute Gasteiger partial charge is 0.231 e. The molecule has 1 saturated carbocycles. The zero-order valence-corrected chi connectivity index (χ0v) is 11.4. The number of hydrogen-bond acceptors (Lipinski definition) is 4. The lowest BCUT2D eigenvalue weighted by Gasteiger charge is -2.29. The lowest BCUT2D eigenvalue weighted by Crippen LogP contribution is -2.42. The van der Waals surface area contributed by atoms with E-state index in [9.17, 15) is 4.79 Å². The Morgan fingerprint density at radius 1 is 1.44 bits per heavy atom. The van der Waals surface area contributed by atoms with Gasteiger partial charge < -0.3 is 16.2 Å². The minimum Gasteiger partial charge on any atom is -0.377 e. The summed E-state index contributed by atoms with van der Waals surface area (Å²) in [5.41, 5.74) is 11.0. The number of nitrogens with zero attached hydrogens (tertiary/aromatic N) is 1. The van der Waals surface area contributed by atoms with Gasteiger partial charge in [0, 0.05) is 25.7 Å². The van der Waals surface area contributed by atoms with Crippen LogP contribution in [0.3, 0.4) is 0 Å². The van der Waals surface area contributed by atoms with Crippen LogP contribution in [0.1, 0.15) is 39.0 Å². The minimum atomic E-state index is -0.248. The van der Waals surface area contributed by atoms with E-state index in [1.165, 1.54) is 25.7 Å². The van der Waals surface area contributed by atoms with Crippen molar-refractivity contribution in [3.05, 3.63) is 0 Å². The van der Waals surface area contributed by atoms with Crippen molar-refractivity contribution < 1.29 is 9.53 Å². The van der Waals surface area contributed by atoms with E-state index in [1.807, 2.05) is 6.92 Å². The Hall–Kier alpha value is -0.650. The highest BCUT2D eigenvalue weighted by Gasteiger charge is 2.24. The van der Waals surface area contributed by atoms with E-state index < -0.39 is 0 Å². The SMILES string of the molecule is CCOC(CN)CCN(CC(N)=O)C1CCCC1. The molecule has 0 aromatic rings. The summed E-state index contributed by atoms with van der Waals surface area (Å²) >= 11 is 0. The number of carbonyl (C=O) groups is 1. The van der Waals surface area contributed by atoms with Crippen LogP contribution in [0.25, 0.3) is 0 Å². The van der Waals surface area contributed by atoms with Crippen molar-refractivity contribution in [2.75, 3.05) is 26.2 Å². The molecule has 1 fully saturated rings. The molecule has 0 aliphatic heterocycles. The molecule has 1 atom stereocenters. The van der Waals surface area contributed by atoms with E-state index in [1.54, 1.807) is 0 Å². The normalized spacial score (nSPS) is 18.4. The molecule has 1 aliphatic carbocycles. The maximum atomic E-state index is 11.1. The van der Waals surface area contributed by atoms with Crippen LogP contribution in [0.5, 0.6) is 0 Å². The Kier molecular flexibility index (Phi) is 7.23. The zero-order valence-electron chi connectivity index (χ0n) is 11.4. The number of amides is 1. The standard InChI is InChI=1S/C13H27N3O2/c1-2-18-12(9-14)7-8-16(10-13(15)17)11-5-3-4-6-11/h11-12H,2-10,14H2,1H3,(H2,15,17). The molecule has 106 valence electrons. The molecule has 5 heteroatoms. The first-order valence-corrected chi connectivity index (χ1v) is 7.01. The third kappa shape index (κ3) is 5.33. The Morgan fingerprint density at radius 2 is 2.11 bits per heavy atom. The van der Waals surface area contributed by atoms with Gasteiger partial charge in [-0.15, -0.1) is 0 Å². The topological polar surface area (TPSA) is 81.6 Å². The molecule has 0 aromatic carbocycles. The number of carbonyl (C=O) groups excluding carboxylic acids is 1. The average Bonchev–Trinajstić information content (AvgIpc) is 2.85. The van der Waals surface area contributed by atoms with Crippen molar-refractivity contribution in [2.24, 2.45) is 11.5 Å². The molecule has 1 unspecified atom stereocenters. The summed E-state index contributed by atoms with van der Waals surface area (Å²) in [6.07, 6.45) is 5.82. The van der Waals surface area contributed by atoms with Crippen molar-refractivity contribution in [3.63, 3.8) is 0 Å². The fraction of sp³-hybridized carbons (Fsp3) is 0.923. The second-order valence-corrected chi connectivity index (χ2v) is 4.98. The maximum Gasteiger partial charge on any atom is 0.231 e. The van der Waals surface area contributed by atoms with E-state index in [0.717, 1.165) is 13.0 Å². The molecule has 18 heavy (non-hydrogen) atoms. The molecule has 1 aliphatic rings. The van der Waals surface area contributed by atoms with Crippen LogP contribution in [0, 0.1) is 0 Å². The molecular formula is C13H27N3O2. The Bertz CT molecular complexity index is 242. The van der Waals surface area contributed by atoms with Gasteiger partial charge in [0.05, 0.1) is 12.6 Å². The molecule has 0 spiro atoms. The number of primary amides is 1. The third-order valence-corrected chi connectivity index (χ3v) is 3.60. The van der Waals surface area contributed by atoms with Crippen LogP contribution in [0.4, 0.5) is 0 Å². The second-order valence-electron chi connectivity index (χ2n) is 4.98.